The van der Waals surface area contributed by atoms with Crippen LogP contribution in [0.5, 0.6) is 0 Å². The van der Waals surface area contributed by atoms with Gasteiger partial charge in [-0.2, -0.15) is 0 Å². The zero-order valence-corrected chi connectivity index (χ0v) is 41.1. The van der Waals surface area contributed by atoms with Crippen LogP contribution in [0.2, 0.25) is 0 Å². The van der Waals surface area contributed by atoms with E-state index in [2.05, 4.69) is 106 Å². The number of rotatable bonds is 46. The van der Waals surface area contributed by atoms with Gasteiger partial charge in [0, 0.05) is 19.3 Å². The van der Waals surface area contributed by atoms with Crippen molar-refractivity contribution in [2.45, 2.75) is 245 Å². The fraction of sp³-hybridized carbons (Fsp3) is 0.702. The molecule has 0 saturated heterocycles. The Morgan fingerprint density at radius 2 is 0.635 bits per heavy atom. The van der Waals surface area contributed by atoms with Crippen LogP contribution >= 0.6 is 0 Å². The number of hydrogen-bond acceptors (Lipinski definition) is 6. The lowest BCUT2D eigenvalue weighted by atomic mass is 10.1. The molecule has 0 N–H and O–H groups in total. The molecule has 0 bridgehead atoms. The van der Waals surface area contributed by atoms with Crippen LogP contribution in [-0.2, 0) is 28.6 Å². The molecule has 0 rings (SSSR count). The Bertz CT molecular complexity index is 1240. The van der Waals surface area contributed by atoms with Crippen molar-refractivity contribution in [2.75, 3.05) is 13.2 Å². The van der Waals surface area contributed by atoms with Crippen molar-refractivity contribution >= 4 is 17.9 Å². The summed E-state index contributed by atoms with van der Waals surface area (Å²) in [5, 5.41) is 0. The molecule has 0 spiro atoms. The largest absolute Gasteiger partial charge is 0.462 e. The van der Waals surface area contributed by atoms with Crippen molar-refractivity contribution in [1.82, 2.24) is 0 Å². The molecule has 63 heavy (non-hydrogen) atoms. The highest BCUT2D eigenvalue weighted by atomic mass is 16.6. The van der Waals surface area contributed by atoms with Crippen LogP contribution in [0.1, 0.15) is 239 Å². The van der Waals surface area contributed by atoms with E-state index < -0.39 is 6.10 Å². The fourth-order valence-electron chi connectivity index (χ4n) is 6.94. The van der Waals surface area contributed by atoms with Gasteiger partial charge in [-0.3, -0.25) is 14.4 Å². The minimum atomic E-state index is -0.808. The second kappa shape index (κ2) is 51.2. The van der Waals surface area contributed by atoms with E-state index in [1.807, 2.05) is 0 Å². The lowest BCUT2D eigenvalue weighted by molar-refractivity contribution is -0.167. The summed E-state index contributed by atoms with van der Waals surface area (Å²) in [6.45, 7) is 6.43. The second-order valence-corrected chi connectivity index (χ2v) is 17.0. The lowest BCUT2D eigenvalue weighted by Crippen LogP contribution is -2.30. The van der Waals surface area contributed by atoms with E-state index >= 15 is 0 Å². The number of unbranched alkanes of at least 4 members (excludes halogenated alkanes) is 21. The zero-order valence-electron chi connectivity index (χ0n) is 41.1. The summed E-state index contributed by atoms with van der Waals surface area (Å²) in [7, 11) is 0. The first kappa shape index (κ1) is 59.6. The molecule has 0 amide bonds. The van der Waals surface area contributed by atoms with Gasteiger partial charge < -0.3 is 14.2 Å². The van der Waals surface area contributed by atoms with Gasteiger partial charge in [0.1, 0.15) is 13.2 Å². The Balaban J connectivity index is 4.50. The highest BCUT2D eigenvalue weighted by molar-refractivity contribution is 5.71. The molecule has 0 aromatic heterocycles. The predicted octanol–water partition coefficient (Wildman–Crippen LogP) is 17.2. The van der Waals surface area contributed by atoms with Crippen molar-refractivity contribution in [3.05, 3.63) is 85.1 Å². The monoisotopic (exact) mass is 877 g/mol. The molecular formula is C57H96O6. The average molecular weight is 877 g/mol. The molecule has 1 atom stereocenters. The smallest absolute Gasteiger partial charge is 0.306 e. The Morgan fingerprint density at radius 3 is 1.10 bits per heavy atom. The molecule has 0 aromatic rings. The van der Waals surface area contributed by atoms with E-state index in [9.17, 15) is 14.4 Å². The van der Waals surface area contributed by atoms with Gasteiger partial charge in [0.15, 0.2) is 6.10 Å². The lowest BCUT2D eigenvalue weighted by Gasteiger charge is -2.18. The molecule has 6 heteroatoms. The van der Waals surface area contributed by atoms with Crippen LogP contribution in [0.4, 0.5) is 0 Å². The maximum Gasteiger partial charge on any atom is 0.306 e. The Labute approximate surface area is 388 Å². The van der Waals surface area contributed by atoms with Gasteiger partial charge in [-0.05, 0) is 109 Å². The van der Waals surface area contributed by atoms with Crippen molar-refractivity contribution < 1.29 is 28.6 Å². The van der Waals surface area contributed by atoms with E-state index in [-0.39, 0.29) is 37.5 Å². The van der Waals surface area contributed by atoms with Gasteiger partial charge in [0.2, 0.25) is 0 Å². The highest BCUT2D eigenvalue weighted by Crippen LogP contribution is 2.13. The van der Waals surface area contributed by atoms with Gasteiger partial charge in [0.25, 0.3) is 0 Å². The third-order valence-corrected chi connectivity index (χ3v) is 10.9. The predicted molar refractivity (Wildman–Crippen MR) is 270 cm³/mol. The normalized spacial score (nSPS) is 12.7. The molecule has 0 aromatic carbocycles. The second-order valence-electron chi connectivity index (χ2n) is 17.0. The molecule has 6 nitrogen and oxygen atoms in total. The molecule has 1 unspecified atom stereocenters. The topological polar surface area (TPSA) is 78.9 Å². The van der Waals surface area contributed by atoms with Crippen molar-refractivity contribution in [2.24, 2.45) is 0 Å². The number of carbonyl (C=O) groups is 3. The summed E-state index contributed by atoms with van der Waals surface area (Å²) in [6, 6.07) is 0. The molecule has 0 aliphatic carbocycles. The maximum atomic E-state index is 12.8. The van der Waals surface area contributed by atoms with E-state index in [4.69, 9.17) is 14.2 Å². The Morgan fingerprint density at radius 1 is 0.333 bits per heavy atom. The summed E-state index contributed by atoms with van der Waals surface area (Å²) in [5.74, 6) is -0.987. The third-order valence-electron chi connectivity index (χ3n) is 10.9. The van der Waals surface area contributed by atoms with E-state index in [0.717, 1.165) is 96.3 Å². The molecule has 0 aliphatic heterocycles. The first-order valence-electron chi connectivity index (χ1n) is 26.1. The number of ether oxygens (including phenoxy) is 3. The summed E-state index contributed by atoms with van der Waals surface area (Å²) in [5.41, 5.74) is 0. The number of hydrogen-bond donors (Lipinski definition) is 0. The number of allylic oxidation sites excluding steroid dienone is 14. The standard InChI is InChI=1S/C57H96O6/c1-4-7-10-13-16-19-22-25-28-29-30-33-35-38-41-44-47-50-56(59)62-53-54(63-57(60)51-48-45-42-39-36-32-27-24-21-18-15-12-9-6-3)52-61-55(58)49-46-43-40-37-34-31-26-23-20-17-14-11-8-5-2/h9,12,16,18-19,21,25,28,30-31,33-34,38,41,54H,4-8,10-11,13-15,17,20,22-24,26-27,29,32,35-37,39-40,42-53H2,1-3H3/b12-9-,19-16-,21-18-,28-25-,33-30-,34-31-,41-38-. The van der Waals surface area contributed by atoms with E-state index in [1.165, 1.54) is 96.3 Å². The van der Waals surface area contributed by atoms with Gasteiger partial charge in [-0.25, -0.2) is 0 Å². The molecular weight excluding hydrogens is 781 g/mol. The van der Waals surface area contributed by atoms with E-state index in [1.54, 1.807) is 0 Å². The van der Waals surface area contributed by atoms with Crippen molar-refractivity contribution in [1.29, 1.82) is 0 Å². The maximum absolute atomic E-state index is 12.8. The third kappa shape index (κ3) is 49.5. The number of carbonyl (C=O) groups excluding carboxylic acids is 3. The fourth-order valence-corrected chi connectivity index (χ4v) is 6.94. The molecule has 0 aliphatic rings. The molecule has 0 fully saturated rings. The summed E-state index contributed by atoms with van der Waals surface area (Å²) >= 11 is 0. The van der Waals surface area contributed by atoms with Crippen LogP contribution in [-0.4, -0.2) is 37.2 Å². The van der Waals surface area contributed by atoms with Gasteiger partial charge in [-0.15, -0.1) is 0 Å². The summed E-state index contributed by atoms with van der Waals surface area (Å²) in [6.07, 6.45) is 65.7. The van der Waals surface area contributed by atoms with E-state index in [0.29, 0.717) is 19.3 Å². The Kier molecular flexibility index (Phi) is 48.5. The minimum absolute atomic E-state index is 0.105. The van der Waals surface area contributed by atoms with Crippen molar-refractivity contribution in [3.8, 4) is 0 Å². The van der Waals surface area contributed by atoms with Crippen LogP contribution < -0.4 is 0 Å². The quantitative estimate of drug-likeness (QED) is 0.0262. The Hall–Kier alpha value is -3.41. The first-order chi connectivity index (χ1) is 31.0. The van der Waals surface area contributed by atoms with Crippen LogP contribution in [0, 0.1) is 0 Å². The molecule has 360 valence electrons. The summed E-state index contributed by atoms with van der Waals surface area (Å²) in [4.78, 5) is 38.0. The highest BCUT2D eigenvalue weighted by Gasteiger charge is 2.19. The van der Waals surface area contributed by atoms with Gasteiger partial charge in [0.05, 0.1) is 0 Å². The average Bonchev–Trinajstić information content (AvgIpc) is 3.28. The van der Waals surface area contributed by atoms with Gasteiger partial charge in [-0.1, -0.05) is 196 Å². The molecule has 0 radical (unpaired) electrons. The van der Waals surface area contributed by atoms with Crippen LogP contribution in [0.25, 0.3) is 0 Å². The van der Waals surface area contributed by atoms with Crippen molar-refractivity contribution in [3.63, 3.8) is 0 Å². The van der Waals surface area contributed by atoms with Gasteiger partial charge >= 0.3 is 17.9 Å². The zero-order chi connectivity index (χ0) is 45.8. The molecule has 0 heterocycles. The van der Waals surface area contributed by atoms with Crippen LogP contribution in [0.3, 0.4) is 0 Å². The SMILES string of the molecule is CC/C=C\C/C=C\CCCCCCCCCC(=O)OC(COC(=O)CCC/C=C\C/C=C\C/C=C\C/C=C\CCCCC)COC(=O)CCCCC/C=C\CCCCCCCCC. The molecule has 0 saturated carbocycles. The van der Waals surface area contributed by atoms with Crippen LogP contribution in [0.15, 0.2) is 85.1 Å². The number of esters is 3. The minimum Gasteiger partial charge on any atom is -0.462 e. The summed E-state index contributed by atoms with van der Waals surface area (Å²) < 4.78 is 16.7. The first-order valence-corrected chi connectivity index (χ1v) is 26.1.